The minimum atomic E-state index is -0.259. The molecule has 0 aromatic heterocycles. The van der Waals surface area contributed by atoms with Crippen LogP contribution in [0.15, 0.2) is 5.11 Å². The minimum Gasteiger partial charge on any atom is -0.469 e. The first-order valence-corrected chi connectivity index (χ1v) is 3.91. The fourth-order valence-corrected chi connectivity index (χ4v) is 1.57. The summed E-state index contributed by atoms with van der Waals surface area (Å²) in [6.45, 7) is 0. The monoisotopic (exact) mass is 169 g/mol. The van der Waals surface area contributed by atoms with Crippen LogP contribution in [-0.2, 0) is 9.53 Å². The quantitative estimate of drug-likeness (QED) is 0.272. The maximum absolute atomic E-state index is 11.1. The molecule has 0 radical (unpaired) electrons. The molecule has 1 aliphatic carbocycles. The van der Waals surface area contributed by atoms with Gasteiger partial charge in [-0.15, -0.1) is 0 Å². The fraction of sp³-hybridized carbons (Fsp3) is 0.857. The van der Waals surface area contributed by atoms with Gasteiger partial charge in [-0.3, -0.25) is 4.79 Å². The van der Waals surface area contributed by atoms with Gasteiger partial charge in [-0.2, -0.15) is 0 Å². The zero-order valence-corrected chi connectivity index (χ0v) is 6.93. The summed E-state index contributed by atoms with van der Waals surface area (Å²) in [6, 6.07) is -0.192. The van der Waals surface area contributed by atoms with Gasteiger partial charge < -0.3 is 4.74 Å². The van der Waals surface area contributed by atoms with E-state index in [0.717, 1.165) is 19.3 Å². The number of hydrogen-bond acceptors (Lipinski definition) is 3. The molecule has 0 aromatic rings. The van der Waals surface area contributed by atoms with Crippen LogP contribution in [-0.4, -0.2) is 19.1 Å². The molecule has 12 heavy (non-hydrogen) atoms. The molecular weight excluding hydrogens is 158 g/mol. The summed E-state index contributed by atoms with van der Waals surface area (Å²) in [4.78, 5) is 13.8. The van der Waals surface area contributed by atoms with Gasteiger partial charge in [0.1, 0.15) is 0 Å². The van der Waals surface area contributed by atoms with E-state index in [-0.39, 0.29) is 17.9 Å². The third-order valence-electron chi connectivity index (χ3n) is 2.18. The number of ether oxygens (including phenoxy) is 1. The lowest BCUT2D eigenvalue weighted by molar-refractivity contribution is -0.145. The van der Waals surface area contributed by atoms with Crippen molar-refractivity contribution in [3.63, 3.8) is 0 Å². The number of esters is 1. The predicted molar refractivity (Wildman–Crippen MR) is 42.3 cm³/mol. The van der Waals surface area contributed by atoms with E-state index in [1.165, 1.54) is 7.11 Å². The van der Waals surface area contributed by atoms with Gasteiger partial charge in [-0.05, 0) is 18.4 Å². The van der Waals surface area contributed by atoms with Crippen molar-refractivity contribution in [1.82, 2.24) is 0 Å². The van der Waals surface area contributed by atoms with Crippen molar-refractivity contribution >= 4 is 5.97 Å². The first-order valence-electron chi connectivity index (χ1n) is 3.91. The summed E-state index contributed by atoms with van der Waals surface area (Å²) in [7, 11) is 1.35. The number of carbonyl (C=O) groups is 1. The van der Waals surface area contributed by atoms with Crippen LogP contribution in [0.4, 0.5) is 0 Å². The van der Waals surface area contributed by atoms with E-state index in [1.54, 1.807) is 0 Å². The standard InChI is InChI=1S/C7H11N3O2/c1-12-7(11)5-3-2-4-6(5)9-10-8/h5-6H,2-4H2,1H3/t5-,6?/m0/s1. The molecule has 0 aromatic carbocycles. The predicted octanol–water partition coefficient (Wildman–Crippen LogP) is 1.64. The summed E-state index contributed by atoms with van der Waals surface area (Å²) in [6.07, 6.45) is 2.50. The van der Waals surface area contributed by atoms with Crippen molar-refractivity contribution in [3.8, 4) is 0 Å². The SMILES string of the molecule is COC(=O)[C@H]1CCCC1N=[N+]=[N-]. The van der Waals surface area contributed by atoms with Gasteiger partial charge in [0.05, 0.1) is 19.1 Å². The Hall–Kier alpha value is -1.22. The van der Waals surface area contributed by atoms with Crippen LogP contribution in [0.25, 0.3) is 10.4 Å². The second-order valence-corrected chi connectivity index (χ2v) is 2.83. The van der Waals surface area contributed by atoms with E-state index in [2.05, 4.69) is 14.8 Å². The molecule has 2 atom stereocenters. The molecule has 0 N–H and O–H groups in total. The smallest absolute Gasteiger partial charge is 0.309 e. The maximum Gasteiger partial charge on any atom is 0.309 e. The molecule has 1 rings (SSSR count). The van der Waals surface area contributed by atoms with E-state index in [4.69, 9.17) is 5.53 Å². The van der Waals surface area contributed by atoms with E-state index >= 15 is 0 Å². The summed E-state index contributed by atoms with van der Waals surface area (Å²) in [5.74, 6) is -0.476. The number of carbonyl (C=O) groups excluding carboxylic acids is 1. The van der Waals surface area contributed by atoms with Crippen molar-refractivity contribution < 1.29 is 9.53 Å². The highest BCUT2D eigenvalue weighted by atomic mass is 16.5. The molecule has 0 spiro atoms. The molecule has 0 heterocycles. The number of methoxy groups -OCH3 is 1. The largest absolute Gasteiger partial charge is 0.469 e. The molecule has 1 saturated carbocycles. The Morgan fingerprint density at radius 1 is 1.67 bits per heavy atom. The minimum absolute atomic E-state index is 0.192. The highest BCUT2D eigenvalue weighted by Gasteiger charge is 2.32. The van der Waals surface area contributed by atoms with Crippen molar-refractivity contribution in [3.05, 3.63) is 10.4 Å². The van der Waals surface area contributed by atoms with Crippen LogP contribution in [0.5, 0.6) is 0 Å². The van der Waals surface area contributed by atoms with Crippen molar-refractivity contribution in [2.75, 3.05) is 7.11 Å². The summed E-state index contributed by atoms with van der Waals surface area (Å²) < 4.78 is 4.59. The molecule has 0 aliphatic heterocycles. The normalized spacial score (nSPS) is 27.8. The van der Waals surface area contributed by atoms with Crippen LogP contribution in [0.3, 0.4) is 0 Å². The molecular formula is C7H11N3O2. The van der Waals surface area contributed by atoms with E-state index in [0.29, 0.717) is 0 Å². The Balaban J connectivity index is 2.63. The average molecular weight is 169 g/mol. The molecule has 5 heteroatoms. The molecule has 1 aliphatic rings. The summed E-state index contributed by atoms with van der Waals surface area (Å²) >= 11 is 0. The fourth-order valence-electron chi connectivity index (χ4n) is 1.57. The summed E-state index contributed by atoms with van der Waals surface area (Å²) in [5, 5.41) is 3.55. The Morgan fingerprint density at radius 3 is 3.00 bits per heavy atom. The summed E-state index contributed by atoms with van der Waals surface area (Å²) in [5.41, 5.74) is 8.21. The van der Waals surface area contributed by atoms with E-state index in [9.17, 15) is 4.79 Å². The lowest BCUT2D eigenvalue weighted by atomic mass is 10.1. The first-order chi connectivity index (χ1) is 5.79. The lowest BCUT2D eigenvalue weighted by Gasteiger charge is -2.10. The highest BCUT2D eigenvalue weighted by molar-refractivity contribution is 5.73. The Kier molecular flexibility index (Phi) is 2.94. The lowest BCUT2D eigenvalue weighted by Crippen LogP contribution is -2.22. The Labute approximate surface area is 70.3 Å². The van der Waals surface area contributed by atoms with Gasteiger partial charge in [0.25, 0.3) is 0 Å². The van der Waals surface area contributed by atoms with Gasteiger partial charge in [0.2, 0.25) is 0 Å². The van der Waals surface area contributed by atoms with Crippen LogP contribution in [0, 0.1) is 5.92 Å². The van der Waals surface area contributed by atoms with Gasteiger partial charge in [0, 0.05) is 4.91 Å². The van der Waals surface area contributed by atoms with Crippen molar-refractivity contribution in [2.24, 2.45) is 11.0 Å². The molecule has 0 bridgehead atoms. The molecule has 5 nitrogen and oxygen atoms in total. The topological polar surface area (TPSA) is 75.1 Å². The molecule has 0 amide bonds. The number of azide groups is 1. The third kappa shape index (κ3) is 1.68. The van der Waals surface area contributed by atoms with Gasteiger partial charge in [-0.1, -0.05) is 11.5 Å². The Bertz CT molecular complexity index is 223. The van der Waals surface area contributed by atoms with E-state index < -0.39 is 0 Å². The number of nitrogens with zero attached hydrogens (tertiary/aromatic N) is 3. The van der Waals surface area contributed by atoms with Crippen LogP contribution in [0.1, 0.15) is 19.3 Å². The molecule has 1 unspecified atom stereocenters. The van der Waals surface area contributed by atoms with Gasteiger partial charge in [0.15, 0.2) is 0 Å². The van der Waals surface area contributed by atoms with Crippen LogP contribution < -0.4 is 0 Å². The van der Waals surface area contributed by atoms with Gasteiger partial charge in [-0.25, -0.2) is 0 Å². The number of rotatable bonds is 2. The van der Waals surface area contributed by atoms with E-state index in [1.807, 2.05) is 0 Å². The maximum atomic E-state index is 11.1. The average Bonchev–Trinajstić information content (AvgIpc) is 2.52. The third-order valence-corrected chi connectivity index (χ3v) is 2.18. The van der Waals surface area contributed by atoms with Crippen LogP contribution >= 0.6 is 0 Å². The molecule has 1 fully saturated rings. The zero-order valence-electron chi connectivity index (χ0n) is 6.93. The van der Waals surface area contributed by atoms with Gasteiger partial charge >= 0.3 is 5.97 Å². The highest BCUT2D eigenvalue weighted by Crippen LogP contribution is 2.29. The Morgan fingerprint density at radius 2 is 2.42 bits per heavy atom. The zero-order chi connectivity index (χ0) is 8.97. The van der Waals surface area contributed by atoms with Crippen molar-refractivity contribution in [1.29, 1.82) is 0 Å². The second-order valence-electron chi connectivity index (χ2n) is 2.83. The first kappa shape index (κ1) is 8.87. The molecule has 66 valence electrons. The number of hydrogen-bond donors (Lipinski definition) is 0. The van der Waals surface area contributed by atoms with Crippen LogP contribution in [0.2, 0.25) is 0 Å². The van der Waals surface area contributed by atoms with Crippen molar-refractivity contribution in [2.45, 2.75) is 25.3 Å². The second kappa shape index (κ2) is 3.97. The molecule has 0 saturated heterocycles.